The van der Waals surface area contributed by atoms with Crippen molar-refractivity contribution in [1.82, 2.24) is 0 Å². The Hall–Kier alpha value is -1.04. The van der Waals surface area contributed by atoms with Crippen molar-refractivity contribution >= 4 is 17.4 Å². The smallest absolute Gasteiger partial charge is 0.389 e. The van der Waals surface area contributed by atoms with Gasteiger partial charge in [0.1, 0.15) is 5.75 Å². The minimum absolute atomic E-state index is 0.0384. The van der Waals surface area contributed by atoms with Crippen LogP contribution in [0.15, 0.2) is 23.1 Å². The van der Waals surface area contributed by atoms with Gasteiger partial charge < -0.3 is 10.5 Å². The number of nitrogen functional groups attached to an aromatic ring is 1. The average molecular weight is 265 g/mol. The van der Waals surface area contributed by atoms with E-state index in [1.54, 1.807) is 18.2 Å². The van der Waals surface area contributed by atoms with Gasteiger partial charge in [-0.15, -0.1) is 11.8 Å². The third-order valence-corrected chi connectivity index (χ3v) is 3.01. The number of alkyl halides is 3. The fourth-order valence-electron chi connectivity index (χ4n) is 1.17. The molecule has 0 aromatic heterocycles. The molecule has 0 radical (unpaired) electrons. The van der Waals surface area contributed by atoms with E-state index >= 15 is 0 Å². The van der Waals surface area contributed by atoms with Crippen LogP contribution in [0.4, 0.5) is 18.9 Å². The maximum atomic E-state index is 12.0. The van der Waals surface area contributed by atoms with Gasteiger partial charge in [-0.25, -0.2) is 0 Å². The number of thioether (sulfide) groups is 1. The molecule has 0 saturated carbocycles. The minimum atomic E-state index is -4.13. The molecule has 0 spiro atoms. The quantitative estimate of drug-likeness (QED) is 0.651. The van der Waals surface area contributed by atoms with E-state index < -0.39 is 12.6 Å². The fraction of sp³-hybridized carbons (Fsp3) is 0.455. The summed E-state index contributed by atoms with van der Waals surface area (Å²) < 4.78 is 41.2. The molecule has 0 atom stereocenters. The van der Waals surface area contributed by atoms with Gasteiger partial charge in [-0.3, -0.25) is 0 Å². The molecule has 0 bridgehead atoms. The summed E-state index contributed by atoms with van der Waals surface area (Å²) in [6.45, 7) is 2.35. The largest absolute Gasteiger partial charge is 0.494 e. The molecule has 1 aromatic rings. The van der Waals surface area contributed by atoms with E-state index in [1.807, 2.05) is 6.92 Å². The number of hydrogen-bond acceptors (Lipinski definition) is 3. The van der Waals surface area contributed by atoms with Crippen LogP contribution in [0, 0.1) is 0 Å². The van der Waals surface area contributed by atoms with Crippen LogP contribution >= 0.6 is 11.8 Å². The highest BCUT2D eigenvalue weighted by Gasteiger charge is 2.26. The highest BCUT2D eigenvalue weighted by atomic mass is 32.2. The predicted octanol–water partition coefficient (Wildman–Crippen LogP) is 3.71. The number of rotatable bonds is 5. The summed E-state index contributed by atoms with van der Waals surface area (Å²) in [7, 11) is 0. The van der Waals surface area contributed by atoms with Gasteiger partial charge in [-0.1, -0.05) is 0 Å². The van der Waals surface area contributed by atoms with E-state index in [0.29, 0.717) is 22.9 Å². The van der Waals surface area contributed by atoms with Crippen LogP contribution in [0.2, 0.25) is 0 Å². The van der Waals surface area contributed by atoms with E-state index in [9.17, 15) is 13.2 Å². The number of anilines is 1. The molecule has 0 aliphatic rings. The van der Waals surface area contributed by atoms with Gasteiger partial charge in [0.2, 0.25) is 0 Å². The Morgan fingerprint density at radius 1 is 1.35 bits per heavy atom. The van der Waals surface area contributed by atoms with Crippen molar-refractivity contribution in [2.24, 2.45) is 0 Å². The molecule has 0 heterocycles. The van der Waals surface area contributed by atoms with Gasteiger partial charge in [0.25, 0.3) is 0 Å². The number of nitrogens with two attached hydrogens (primary N) is 1. The first kappa shape index (κ1) is 14.0. The van der Waals surface area contributed by atoms with Crippen LogP contribution in [-0.2, 0) is 0 Å². The van der Waals surface area contributed by atoms with E-state index in [4.69, 9.17) is 10.5 Å². The molecular formula is C11H14F3NOS. The standard InChI is InChI=1S/C11H14F3NOS/c1-2-16-8-3-4-9(15)10(7-8)17-6-5-11(12,13)14/h3-4,7H,2,5-6,15H2,1H3. The zero-order chi connectivity index (χ0) is 12.9. The predicted molar refractivity (Wildman–Crippen MR) is 63.4 cm³/mol. The minimum Gasteiger partial charge on any atom is -0.494 e. The average Bonchev–Trinajstić information content (AvgIpc) is 2.21. The molecule has 0 fully saturated rings. The molecule has 2 N–H and O–H groups in total. The topological polar surface area (TPSA) is 35.2 Å². The number of hydrogen-bond donors (Lipinski definition) is 1. The molecule has 2 nitrogen and oxygen atoms in total. The first-order valence-corrected chi connectivity index (χ1v) is 6.13. The summed E-state index contributed by atoms with van der Waals surface area (Å²) in [6.07, 6.45) is -4.95. The first-order chi connectivity index (χ1) is 7.92. The van der Waals surface area contributed by atoms with E-state index in [-0.39, 0.29) is 5.75 Å². The van der Waals surface area contributed by atoms with Gasteiger partial charge in [0.05, 0.1) is 13.0 Å². The summed E-state index contributed by atoms with van der Waals surface area (Å²) >= 11 is 1.09. The second kappa shape index (κ2) is 6.05. The van der Waals surface area contributed by atoms with Crippen molar-refractivity contribution in [3.05, 3.63) is 18.2 Å². The maximum absolute atomic E-state index is 12.0. The van der Waals surface area contributed by atoms with Gasteiger partial charge in [0.15, 0.2) is 0 Å². The first-order valence-electron chi connectivity index (χ1n) is 5.14. The summed E-state index contributed by atoms with van der Waals surface area (Å²) in [4.78, 5) is 0.625. The summed E-state index contributed by atoms with van der Waals surface area (Å²) in [5.74, 6) is 0.583. The van der Waals surface area contributed by atoms with Crippen LogP contribution in [0.3, 0.4) is 0 Å². The molecule has 96 valence electrons. The van der Waals surface area contributed by atoms with Crippen molar-refractivity contribution in [2.45, 2.75) is 24.4 Å². The van der Waals surface area contributed by atoms with Gasteiger partial charge in [-0.2, -0.15) is 13.2 Å². The number of ether oxygens (including phenoxy) is 1. The Bertz CT molecular complexity index is 368. The maximum Gasteiger partial charge on any atom is 0.389 e. The molecule has 0 saturated heterocycles. The highest BCUT2D eigenvalue weighted by molar-refractivity contribution is 7.99. The molecule has 0 amide bonds. The molecule has 6 heteroatoms. The van der Waals surface area contributed by atoms with Crippen molar-refractivity contribution in [3.8, 4) is 5.75 Å². The van der Waals surface area contributed by atoms with Crippen LogP contribution in [0.25, 0.3) is 0 Å². The van der Waals surface area contributed by atoms with Crippen molar-refractivity contribution in [3.63, 3.8) is 0 Å². The number of benzene rings is 1. The van der Waals surface area contributed by atoms with E-state index in [2.05, 4.69) is 0 Å². The van der Waals surface area contributed by atoms with Crippen LogP contribution in [0.1, 0.15) is 13.3 Å². The van der Waals surface area contributed by atoms with Crippen molar-refractivity contribution in [1.29, 1.82) is 0 Å². The molecular weight excluding hydrogens is 251 g/mol. The number of halogens is 3. The molecule has 0 unspecified atom stereocenters. The summed E-state index contributed by atoms with van der Waals surface area (Å²) in [5, 5.41) is 0. The lowest BCUT2D eigenvalue weighted by Crippen LogP contribution is -2.08. The van der Waals surface area contributed by atoms with Crippen molar-refractivity contribution in [2.75, 3.05) is 18.1 Å². The molecule has 1 rings (SSSR count). The summed E-state index contributed by atoms with van der Waals surface area (Å²) in [6, 6.07) is 5.01. The second-order valence-electron chi connectivity index (χ2n) is 3.35. The third-order valence-electron chi connectivity index (χ3n) is 1.94. The van der Waals surface area contributed by atoms with Crippen molar-refractivity contribution < 1.29 is 17.9 Å². The highest BCUT2D eigenvalue weighted by Crippen LogP contribution is 2.32. The third kappa shape index (κ3) is 5.21. The fourth-order valence-corrected chi connectivity index (χ4v) is 2.16. The van der Waals surface area contributed by atoms with E-state index in [0.717, 1.165) is 11.8 Å². The van der Waals surface area contributed by atoms with Gasteiger partial charge in [0, 0.05) is 16.3 Å². The zero-order valence-electron chi connectivity index (χ0n) is 9.38. The Kier molecular flexibility index (Phi) is 4.99. The molecule has 0 aliphatic carbocycles. The Labute approximate surface area is 102 Å². The lowest BCUT2D eigenvalue weighted by Gasteiger charge is -2.10. The SMILES string of the molecule is CCOc1ccc(N)c(SCCC(F)(F)F)c1. The van der Waals surface area contributed by atoms with E-state index in [1.165, 1.54) is 0 Å². The van der Waals surface area contributed by atoms with Crippen LogP contribution in [0.5, 0.6) is 5.75 Å². The lowest BCUT2D eigenvalue weighted by atomic mass is 10.3. The Balaban J connectivity index is 2.60. The normalized spacial score (nSPS) is 11.5. The van der Waals surface area contributed by atoms with Crippen LogP contribution in [-0.4, -0.2) is 18.5 Å². The summed E-state index contributed by atoms with van der Waals surface area (Å²) in [5.41, 5.74) is 6.15. The Morgan fingerprint density at radius 2 is 2.06 bits per heavy atom. The molecule has 17 heavy (non-hydrogen) atoms. The zero-order valence-corrected chi connectivity index (χ0v) is 10.2. The Morgan fingerprint density at radius 3 is 2.65 bits per heavy atom. The lowest BCUT2D eigenvalue weighted by molar-refractivity contribution is -0.129. The second-order valence-corrected chi connectivity index (χ2v) is 4.48. The monoisotopic (exact) mass is 265 g/mol. The molecule has 0 aliphatic heterocycles. The molecule has 1 aromatic carbocycles. The van der Waals surface area contributed by atoms with Gasteiger partial charge in [-0.05, 0) is 25.1 Å². The van der Waals surface area contributed by atoms with Gasteiger partial charge >= 0.3 is 6.18 Å². The van der Waals surface area contributed by atoms with Crippen LogP contribution < -0.4 is 10.5 Å².